The van der Waals surface area contributed by atoms with Crippen molar-refractivity contribution in [2.45, 2.75) is 26.4 Å². The molecule has 0 amide bonds. The normalized spacial score (nSPS) is 11.1. The van der Waals surface area contributed by atoms with Crippen molar-refractivity contribution in [3.05, 3.63) is 191 Å². The zero-order valence-corrected chi connectivity index (χ0v) is 28.3. The molecule has 0 aliphatic heterocycles. The number of nitrogens with one attached hydrogen (secondary N) is 1. The van der Waals surface area contributed by atoms with Crippen molar-refractivity contribution in [1.82, 2.24) is 4.98 Å². The first-order chi connectivity index (χ1) is 25.7. The minimum Gasteiger partial charge on any atom is -0.485 e. The summed E-state index contributed by atoms with van der Waals surface area (Å²) in [7, 11) is 0. The molecule has 8 aromatic rings. The van der Waals surface area contributed by atoms with Gasteiger partial charge in [0, 0.05) is 28.6 Å². The lowest BCUT2D eigenvalue weighted by Gasteiger charge is -2.16. The number of aromatic amines is 1. The highest BCUT2D eigenvalue weighted by molar-refractivity contribution is 6.12. The van der Waals surface area contributed by atoms with E-state index >= 15 is 0 Å². The lowest BCUT2D eigenvalue weighted by Crippen LogP contribution is -2.03. The molecular weight excluding hydrogens is 650 g/mol. The summed E-state index contributed by atoms with van der Waals surface area (Å²) in [4.78, 5) is 16.6. The molecule has 0 aliphatic carbocycles. The SMILES string of the molecule is O=c1oc2cc(OCc3ccccc3)c(OCc3ccccc3)cc2c2c(-c3ccc(OCc4ccccc4)c(OCc4ccccc4)c3)c[nH]c12. The van der Waals surface area contributed by atoms with Gasteiger partial charge in [0.25, 0.3) is 0 Å². The first kappa shape index (κ1) is 32.5. The minimum atomic E-state index is -0.482. The van der Waals surface area contributed by atoms with Gasteiger partial charge in [-0.05, 0) is 46.0 Å². The molecule has 0 fully saturated rings. The van der Waals surface area contributed by atoms with Crippen LogP contribution in [0.2, 0.25) is 0 Å². The number of hydrogen-bond donors (Lipinski definition) is 1. The Labute approximate surface area is 300 Å². The smallest absolute Gasteiger partial charge is 0.360 e. The van der Waals surface area contributed by atoms with Crippen molar-refractivity contribution in [2.24, 2.45) is 0 Å². The van der Waals surface area contributed by atoms with E-state index in [0.717, 1.165) is 33.4 Å². The molecule has 52 heavy (non-hydrogen) atoms. The number of hydrogen-bond acceptors (Lipinski definition) is 6. The van der Waals surface area contributed by atoms with E-state index in [0.29, 0.717) is 71.3 Å². The zero-order chi connectivity index (χ0) is 35.1. The largest absolute Gasteiger partial charge is 0.485 e. The molecular formula is C45H35NO6. The Morgan fingerprint density at radius 3 is 1.42 bits per heavy atom. The summed E-state index contributed by atoms with van der Waals surface area (Å²) in [5.41, 5.74) is 6.00. The molecule has 0 unspecified atom stereocenters. The molecule has 8 rings (SSSR count). The molecule has 0 saturated heterocycles. The molecule has 7 nitrogen and oxygen atoms in total. The van der Waals surface area contributed by atoms with Crippen LogP contribution in [-0.2, 0) is 26.4 Å². The highest BCUT2D eigenvalue weighted by Crippen LogP contribution is 2.41. The molecule has 0 atom stereocenters. The van der Waals surface area contributed by atoms with Crippen molar-refractivity contribution in [3.63, 3.8) is 0 Å². The van der Waals surface area contributed by atoms with Gasteiger partial charge in [0.2, 0.25) is 0 Å². The van der Waals surface area contributed by atoms with Crippen molar-refractivity contribution in [3.8, 4) is 34.1 Å². The fraction of sp³-hybridized carbons (Fsp3) is 0.0889. The number of H-pyrrole nitrogens is 1. The van der Waals surface area contributed by atoms with E-state index in [-0.39, 0.29) is 0 Å². The van der Waals surface area contributed by atoms with Crippen molar-refractivity contribution in [1.29, 1.82) is 0 Å². The number of aromatic nitrogens is 1. The molecule has 7 heteroatoms. The van der Waals surface area contributed by atoms with Crippen LogP contribution in [0.3, 0.4) is 0 Å². The molecule has 2 heterocycles. The summed E-state index contributed by atoms with van der Waals surface area (Å²) in [6.07, 6.45) is 1.83. The third kappa shape index (κ3) is 7.25. The van der Waals surface area contributed by atoms with Crippen molar-refractivity contribution >= 4 is 21.9 Å². The lowest BCUT2D eigenvalue weighted by atomic mass is 10.0. The second-order valence-electron chi connectivity index (χ2n) is 12.4. The third-order valence-corrected chi connectivity index (χ3v) is 8.81. The summed E-state index contributed by atoms with van der Waals surface area (Å²) >= 11 is 0. The predicted octanol–water partition coefficient (Wildman–Crippen LogP) is 10.3. The van der Waals surface area contributed by atoms with E-state index < -0.39 is 5.63 Å². The Balaban J connectivity index is 1.20. The van der Waals surface area contributed by atoms with Crippen LogP contribution in [0, 0.1) is 0 Å². The monoisotopic (exact) mass is 685 g/mol. The Morgan fingerprint density at radius 1 is 0.481 bits per heavy atom. The van der Waals surface area contributed by atoms with E-state index in [2.05, 4.69) is 4.98 Å². The van der Waals surface area contributed by atoms with Crippen LogP contribution in [0.5, 0.6) is 23.0 Å². The van der Waals surface area contributed by atoms with Gasteiger partial charge in [0.05, 0.1) is 0 Å². The summed E-state index contributed by atoms with van der Waals surface area (Å²) < 4.78 is 31.2. The van der Waals surface area contributed by atoms with Gasteiger partial charge < -0.3 is 28.3 Å². The highest BCUT2D eigenvalue weighted by atomic mass is 16.5. The molecule has 0 saturated carbocycles. The zero-order valence-electron chi connectivity index (χ0n) is 28.3. The van der Waals surface area contributed by atoms with Crippen LogP contribution < -0.4 is 24.6 Å². The van der Waals surface area contributed by atoms with Gasteiger partial charge in [0.15, 0.2) is 23.0 Å². The van der Waals surface area contributed by atoms with Gasteiger partial charge in [-0.3, -0.25) is 0 Å². The minimum absolute atomic E-state index is 0.320. The average Bonchev–Trinajstić information content (AvgIpc) is 3.66. The van der Waals surface area contributed by atoms with Crippen LogP contribution in [-0.4, -0.2) is 4.98 Å². The Hall–Kier alpha value is -6.73. The summed E-state index contributed by atoms with van der Waals surface area (Å²) in [6.45, 7) is 1.41. The van der Waals surface area contributed by atoms with Gasteiger partial charge in [-0.1, -0.05) is 127 Å². The lowest BCUT2D eigenvalue weighted by molar-refractivity contribution is 0.256. The number of rotatable bonds is 13. The Morgan fingerprint density at radius 2 is 0.923 bits per heavy atom. The topological polar surface area (TPSA) is 82.9 Å². The Bertz CT molecular complexity index is 2480. The first-order valence-electron chi connectivity index (χ1n) is 17.1. The number of ether oxygens (including phenoxy) is 4. The third-order valence-electron chi connectivity index (χ3n) is 8.81. The molecule has 6 aromatic carbocycles. The van der Waals surface area contributed by atoms with E-state index in [1.165, 1.54) is 0 Å². The molecule has 1 N–H and O–H groups in total. The summed E-state index contributed by atoms with van der Waals surface area (Å²) in [5, 5.41) is 1.41. The van der Waals surface area contributed by atoms with E-state index in [9.17, 15) is 4.79 Å². The van der Waals surface area contributed by atoms with Crippen LogP contribution in [0.25, 0.3) is 33.0 Å². The second-order valence-corrected chi connectivity index (χ2v) is 12.4. The van der Waals surface area contributed by atoms with Crippen LogP contribution in [0.15, 0.2) is 167 Å². The molecule has 0 radical (unpaired) electrons. The van der Waals surface area contributed by atoms with Gasteiger partial charge in [0.1, 0.15) is 37.5 Å². The van der Waals surface area contributed by atoms with Gasteiger partial charge in [-0.15, -0.1) is 0 Å². The number of benzene rings is 6. The maximum atomic E-state index is 13.4. The van der Waals surface area contributed by atoms with Gasteiger partial charge in [-0.25, -0.2) is 4.79 Å². The van der Waals surface area contributed by atoms with Crippen LogP contribution in [0.4, 0.5) is 0 Å². The van der Waals surface area contributed by atoms with Crippen molar-refractivity contribution in [2.75, 3.05) is 0 Å². The van der Waals surface area contributed by atoms with Crippen LogP contribution in [0.1, 0.15) is 22.3 Å². The van der Waals surface area contributed by atoms with Gasteiger partial charge >= 0.3 is 5.63 Å². The Kier molecular flexibility index (Phi) is 9.38. The molecule has 0 aliphatic rings. The number of fused-ring (bicyclic) bond motifs is 3. The average molecular weight is 686 g/mol. The van der Waals surface area contributed by atoms with Crippen LogP contribution >= 0.6 is 0 Å². The van der Waals surface area contributed by atoms with Gasteiger partial charge in [-0.2, -0.15) is 0 Å². The van der Waals surface area contributed by atoms with E-state index in [4.69, 9.17) is 23.4 Å². The molecule has 2 aromatic heterocycles. The fourth-order valence-electron chi connectivity index (χ4n) is 6.14. The quantitative estimate of drug-likeness (QED) is 0.122. The van der Waals surface area contributed by atoms with Crippen molar-refractivity contribution < 1.29 is 23.4 Å². The maximum absolute atomic E-state index is 13.4. The maximum Gasteiger partial charge on any atom is 0.360 e. The molecule has 256 valence electrons. The standard InChI is InChI=1S/C45H35NO6/c47-45-44-43(36-24-41(50-29-33-17-9-3-10-18-33)42(25-39(36)52-45)51-30-34-19-11-4-12-20-34)37(26-46-44)35-21-22-38(48-27-31-13-5-1-6-14-31)40(23-35)49-28-32-15-7-2-8-16-32/h1-26,46H,27-30H2. The summed E-state index contributed by atoms with van der Waals surface area (Å²) in [6, 6.07) is 49.3. The summed E-state index contributed by atoms with van der Waals surface area (Å²) in [5.74, 6) is 2.21. The molecule has 0 spiro atoms. The first-order valence-corrected chi connectivity index (χ1v) is 17.1. The highest BCUT2D eigenvalue weighted by Gasteiger charge is 2.20. The predicted molar refractivity (Wildman–Crippen MR) is 203 cm³/mol. The molecule has 0 bridgehead atoms. The fourth-order valence-corrected chi connectivity index (χ4v) is 6.14. The second kappa shape index (κ2) is 15.0. The van der Waals surface area contributed by atoms with E-state index in [1.807, 2.05) is 152 Å². The van der Waals surface area contributed by atoms with E-state index in [1.54, 1.807) is 6.07 Å².